The summed E-state index contributed by atoms with van der Waals surface area (Å²) in [7, 11) is 2.77. The molecule has 0 saturated heterocycles. The molecule has 116 valence electrons. The monoisotopic (exact) mass is 328 g/mol. The van der Waals surface area contributed by atoms with E-state index in [1.54, 1.807) is 0 Å². The smallest absolute Gasteiger partial charge is 0.321 e. The molecular formula is C14H22N2O3P2. The minimum Gasteiger partial charge on any atom is -0.451 e. The molecule has 5 nitrogen and oxygen atoms in total. The van der Waals surface area contributed by atoms with Gasteiger partial charge in [0.1, 0.15) is 5.66 Å². The van der Waals surface area contributed by atoms with Gasteiger partial charge in [-0.15, -0.1) is 0 Å². The maximum absolute atomic E-state index is 11.6. The Bertz CT molecular complexity index is 516. The summed E-state index contributed by atoms with van der Waals surface area (Å²) in [4.78, 5) is 16.3. The Morgan fingerprint density at radius 1 is 1.33 bits per heavy atom. The molecule has 0 spiro atoms. The van der Waals surface area contributed by atoms with Gasteiger partial charge in [-0.2, -0.15) is 0 Å². The third-order valence-electron chi connectivity index (χ3n) is 4.29. The first-order chi connectivity index (χ1) is 9.93. The normalized spacial score (nSPS) is 33.7. The largest absolute Gasteiger partial charge is 0.451 e. The summed E-state index contributed by atoms with van der Waals surface area (Å²) in [6, 6.07) is 0. The van der Waals surface area contributed by atoms with Crippen molar-refractivity contribution >= 4 is 29.5 Å². The van der Waals surface area contributed by atoms with Crippen LogP contribution in [0.4, 0.5) is 0 Å². The van der Waals surface area contributed by atoms with E-state index in [4.69, 9.17) is 9.26 Å². The third kappa shape index (κ3) is 3.77. The lowest BCUT2D eigenvalue weighted by atomic mass is 9.90. The fourth-order valence-electron chi connectivity index (χ4n) is 2.49. The predicted octanol–water partition coefficient (Wildman–Crippen LogP) is 3.38. The molecule has 2 aliphatic rings. The third-order valence-corrected chi connectivity index (χ3v) is 5.55. The van der Waals surface area contributed by atoms with Gasteiger partial charge in [0.2, 0.25) is 0 Å². The second kappa shape index (κ2) is 7.09. The van der Waals surface area contributed by atoms with E-state index in [0.29, 0.717) is 18.9 Å². The van der Waals surface area contributed by atoms with Gasteiger partial charge >= 0.3 is 5.97 Å². The standard InChI is InChI=1S/C14H22N2O3P2/c1-7-8(2)10(4)16-13(9(7)3)18-11-5-12(14(17)19-20)21-15-6-11/h8,11-13H,5-6,20H2,1-4H3. The molecule has 0 radical (unpaired) electrons. The second-order valence-electron chi connectivity index (χ2n) is 5.60. The lowest BCUT2D eigenvalue weighted by molar-refractivity contribution is -0.133. The topological polar surface area (TPSA) is 60.2 Å². The summed E-state index contributed by atoms with van der Waals surface area (Å²) >= 11 is 0. The molecule has 0 fully saturated rings. The molecule has 0 aromatic rings. The zero-order valence-electron chi connectivity index (χ0n) is 12.9. The number of carbonyl (C=O) groups excluding carboxylic acids is 1. The Morgan fingerprint density at radius 3 is 2.71 bits per heavy atom. The van der Waals surface area contributed by atoms with E-state index in [1.807, 2.05) is 16.4 Å². The number of carbonyl (C=O) groups is 1. The van der Waals surface area contributed by atoms with E-state index >= 15 is 0 Å². The molecule has 2 heterocycles. The first-order valence-electron chi connectivity index (χ1n) is 7.08. The molecule has 0 aromatic heterocycles. The lowest BCUT2D eigenvalue weighted by Gasteiger charge is -2.31. The molecule has 5 atom stereocenters. The summed E-state index contributed by atoms with van der Waals surface area (Å²) in [6.07, 6.45) is 0.299. The predicted molar refractivity (Wildman–Crippen MR) is 87.7 cm³/mol. The van der Waals surface area contributed by atoms with E-state index in [-0.39, 0.29) is 24.0 Å². The molecule has 0 N–H and O–H groups in total. The van der Waals surface area contributed by atoms with Crippen molar-refractivity contribution < 1.29 is 14.1 Å². The van der Waals surface area contributed by atoms with Gasteiger partial charge in [-0.25, -0.2) is 0 Å². The van der Waals surface area contributed by atoms with Crippen molar-refractivity contribution in [2.24, 2.45) is 15.7 Å². The first kappa shape index (κ1) is 16.7. The van der Waals surface area contributed by atoms with Crippen LogP contribution in [-0.2, 0) is 14.1 Å². The molecule has 0 bridgehead atoms. The Labute approximate surface area is 129 Å². The van der Waals surface area contributed by atoms with Crippen LogP contribution >= 0.6 is 17.8 Å². The van der Waals surface area contributed by atoms with Crippen LogP contribution in [0.3, 0.4) is 0 Å². The van der Waals surface area contributed by atoms with E-state index < -0.39 is 0 Å². The van der Waals surface area contributed by atoms with Crippen molar-refractivity contribution in [1.82, 2.24) is 0 Å². The van der Waals surface area contributed by atoms with Crippen LogP contribution < -0.4 is 0 Å². The number of hydrogen-bond donors (Lipinski definition) is 0. The van der Waals surface area contributed by atoms with E-state index in [1.165, 1.54) is 11.1 Å². The van der Waals surface area contributed by atoms with Crippen LogP contribution in [-0.4, -0.2) is 36.2 Å². The van der Waals surface area contributed by atoms with Gasteiger partial charge in [-0.1, -0.05) is 12.5 Å². The van der Waals surface area contributed by atoms with Gasteiger partial charge in [-0.05, 0) is 32.8 Å². The first-order valence-corrected chi connectivity index (χ1v) is 8.47. The summed E-state index contributed by atoms with van der Waals surface area (Å²) < 4.78 is 15.1. The van der Waals surface area contributed by atoms with Crippen molar-refractivity contribution in [1.29, 1.82) is 0 Å². The minimum absolute atomic E-state index is 0.0851. The highest BCUT2D eigenvalue weighted by atomic mass is 31.1. The number of aliphatic imine (C=N–C) groups is 1. The van der Waals surface area contributed by atoms with Gasteiger partial charge in [0.15, 0.2) is 6.23 Å². The number of ether oxygens (including phenoxy) is 1. The van der Waals surface area contributed by atoms with Crippen LogP contribution in [0.5, 0.6) is 0 Å². The molecule has 0 amide bonds. The quantitative estimate of drug-likeness (QED) is 0.589. The number of nitrogens with zero attached hydrogens (tertiary/aromatic N) is 2. The van der Waals surface area contributed by atoms with Crippen molar-refractivity contribution in [3.05, 3.63) is 11.1 Å². The number of dihydropyridines is 1. The molecule has 0 aromatic carbocycles. The Morgan fingerprint density at radius 2 is 2.05 bits per heavy atom. The van der Waals surface area contributed by atoms with E-state index in [2.05, 4.69) is 30.5 Å². The van der Waals surface area contributed by atoms with E-state index in [0.717, 1.165) is 14.1 Å². The second-order valence-corrected chi connectivity index (χ2v) is 6.97. The highest BCUT2D eigenvalue weighted by Crippen LogP contribution is 2.31. The highest BCUT2D eigenvalue weighted by Gasteiger charge is 2.31. The van der Waals surface area contributed by atoms with Crippen LogP contribution in [0.15, 0.2) is 20.9 Å². The van der Waals surface area contributed by atoms with Crippen molar-refractivity contribution in [3.8, 4) is 0 Å². The molecule has 0 aliphatic carbocycles. The maximum Gasteiger partial charge on any atom is 0.321 e. The number of rotatable bonds is 3. The Kier molecular flexibility index (Phi) is 5.65. The molecule has 2 rings (SSSR count). The van der Waals surface area contributed by atoms with Crippen LogP contribution in [0.25, 0.3) is 0 Å². The Hall–Kier alpha value is -0.630. The maximum atomic E-state index is 11.6. The van der Waals surface area contributed by atoms with Gasteiger partial charge in [0, 0.05) is 20.0 Å². The fraction of sp³-hybridized carbons (Fsp3) is 0.714. The molecular weight excluding hydrogens is 306 g/mol. The number of allylic oxidation sites excluding steroid dienone is 1. The number of hydrogen-bond acceptors (Lipinski definition) is 5. The van der Waals surface area contributed by atoms with Crippen LogP contribution in [0, 0.1) is 5.92 Å². The summed E-state index contributed by atoms with van der Waals surface area (Å²) in [5.74, 6) is 0.123. The lowest BCUT2D eigenvalue weighted by Crippen LogP contribution is -2.34. The SMILES string of the molecule is CC1=NC(OC2CN=PC(C(=O)OP)C2)C(C)=C(C)C1C. The van der Waals surface area contributed by atoms with Crippen molar-refractivity contribution in [2.45, 2.75) is 52.1 Å². The van der Waals surface area contributed by atoms with Gasteiger partial charge in [0.25, 0.3) is 0 Å². The average Bonchev–Trinajstić information content (AvgIpc) is 2.50. The molecule has 7 heteroatoms. The van der Waals surface area contributed by atoms with E-state index in [9.17, 15) is 4.79 Å². The average molecular weight is 328 g/mol. The van der Waals surface area contributed by atoms with Crippen molar-refractivity contribution in [3.63, 3.8) is 0 Å². The fourth-order valence-corrected chi connectivity index (χ4v) is 3.72. The van der Waals surface area contributed by atoms with Gasteiger partial charge < -0.3 is 9.26 Å². The molecule has 2 aliphatic heterocycles. The zero-order chi connectivity index (χ0) is 15.6. The van der Waals surface area contributed by atoms with Crippen molar-refractivity contribution in [2.75, 3.05) is 6.54 Å². The Balaban J connectivity index is 2.05. The molecule has 21 heavy (non-hydrogen) atoms. The van der Waals surface area contributed by atoms with Gasteiger partial charge in [0.05, 0.1) is 22.1 Å². The minimum atomic E-state index is -0.251. The van der Waals surface area contributed by atoms with Gasteiger partial charge in [-0.3, -0.25) is 14.5 Å². The highest BCUT2D eigenvalue weighted by molar-refractivity contribution is 7.29. The molecule has 0 saturated carbocycles. The summed E-state index contributed by atoms with van der Waals surface area (Å²) in [5, 5.41) is 0. The molecule has 5 unspecified atom stereocenters. The summed E-state index contributed by atoms with van der Waals surface area (Å²) in [5.41, 5.74) is 3.34. The zero-order valence-corrected chi connectivity index (χ0v) is 14.9. The van der Waals surface area contributed by atoms with Crippen LogP contribution in [0.1, 0.15) is 34.1 Å². The van der Waals surface area contributed by atoms with Crippen LogP contribution in [0.2, 0.25) is 0 Å². The summed E-state index contributed by atoms with van der Waals surface area (Å²) in [6.45, 7) is 9.00.